The standard InChI is InChI=1S/C18H23F3N4OS/c1-12(2)26-14-6-4-5-13(9-14)10-24-17(22-3)23-8-7-16-25-15(11-27-16)18(19,20)21/h4-6,9,11-12H,7-8,10H2,1-3H3,(H2,22,23,24). The molecule has 0 atom stereocenters. The summed E-state index contributed by atoms with van der Waals surface area (Å²) in [6.45, 7) is 4.92. The van der Waals surface area contributed by atoms with Crippen LogP contribution in [0.25, 0.3) is 0 Å². The zero-order valence-electron chi connectivity index (χ0n) is 15.4. The fourth-order valence-electron chi connectivity index (χ4n) is 2.25. The molecule has 9 heteroatoms. The number of halogens is 3. The Balaban J connectivity index is 1.80. The maximum atomic E-state index is 12.6. The van der Waals surface area contributed by atoms with Crippen LogP contribution in [-0.2, 0) is 19.1 Å². The van der Waals surface area contributed by atoms with Gasteiger partial charge < -0.3 is 15.4 Å². The van der Waals surface area contributed by atoms with Gasteiger partial charge in [-0.25, -0.2) is 4.98 Å². The molecule has 0 amide bonds. The number of guanidine groups is 1. The molecule has 148 valence electrons. The molecule has 27 heavy (non-hydrogen) atoms. The number of benzene rings is 1. The normalized spacial score (nSPS) is 12.3. The molecular weight excluding hydrogens is 377 g/mol. The number of alkyl halides is 3. The highest BCUT2D eigenvalue weighted by molar-refractivity contribution is 7.09. The van der Waals surface area contributed by atoms with Gasteiger partial charge in [-0.1, -0.05) is 12.1 Å². The van der Waals surface area contributed by atoms with E-state index in [2.05, 4.69) is 20.6 Å². The summed E-state index contributed by atoms with van der Waals surface area (Å²) < 4.78 is 43.3. The second-order valence-corrected chi connectivity index (χ2v) is 6.98. The number of hydrogen-bond acceptors (Lipinski definition) is 4. The van der Waals surface area contributed by atoms with Crippen LogP contribution in [0, 0.1) is 0 Å². The fourth-order valence-corrected chi connectivity index (χ4v) is 3.06. The van der Waals surface area contributed by atoms with E-state index in [-0.39, 0.29) is 6.10 Å². The second kappa shape index (κ2) is 9.59. The van der Waals surface area contributed by atoms with Gasteiger partial charge in [0.2, 0.25) is 0 Å². The van der Waals surface area contributed by atoms with Crippen LogP contribution in [0.2, 0.25) is 0 Å². The van der Waals surface area contributed by atoms with Crippen molar-refractivity contribution >= 4 is 17.3 Å². The first kappa shape index (κ1) is 21.0. The van der Waals surface area contributed by atoms with E-state index in [1.54, 1.807) is 7.05 Å². The van der Waals surface area contributed by atoms with Crippen LogP contribution in [0.4, 0.5) is 13.2 Å². The van der Waals surface area contributed by atoms with Crippen LogP contribution in [0.15, 0.2) is 34.6 Å². The summed E-state index contributed by atoms with van der Waals surface area (Å²) in [6.07, 6.45) is -3.90. The lowest BCUT2D eigenvalue weighted by Crippen LogP contribution is -2.37. The van der Waals surface area contributed by atoms with E-state index >= 15 is 0 Å². The summed E-state index contributed by atoms with van der Waals surface area (Å²) in [5, 5.41) is 7.71. The number of nitrogens with one attached hydrogen (secondary N) is 2. The molecule has 0 aliphatic rings. The molecule has 2 aromatic rings. The molecule has 0 radical (unpaired) electrons. The van der Waals surface area contributed by atoms with Gasteiger partial charge in [0.25, 0.3) is 0 Å². The highest BCUT2D eigenvalue weighted by atomic mass is 32.1. The highest BCUT2D eigenvalue weighted by Crippen LogP contribution is 2.30. The Morgan fingerprint density at radius 1 is 1.30 bits per heavy atom. The van der Waals surface area contributed by atoms with E-state index in [9.17, 15) is 13.2 Å². The zero-order valence-corrected chi connectivity index (χ0v) is 16.2. The van der Waals surface area contributed by atoms with Crippen LogP contribution in [0.3, 0.4) is 0 Å². The third-order valence-corrected chi connectivity index (χ3v) is 4.34. The Bertz CT molecular complexity index is 759. The molecule has 0 saturated carbocycles. The third-order valence-electron chi connectivity index (χ3n) is 3.43. The van der Waals surface area contributed by atoms with Gasteiger partial charge in [-0.2, -0.15) is 13.2 Å². The molecular formula is C18H23F3N4OS. The molecule has 0 unspecified atom stereocenters. The number of aliphatic imine (C=N–C) groups is 1. The van der Waals surface area contributed by atoms with Crippen LogP contribution in [0.1, 0.15) is 30.1 Å². The molecule has 1 heterocycles. The average molecular weight is 400 g/mol. The van der Waals surface area contributed by atoms with Crippen molar-refractivity contribution in [3.05, 3.63) is 45.9 Å². The smallest absolute Gasteiger partial charge is 0.434 e. The lowest BCUT2D eigenvalue weighted by Gasteiger charge is -2.13. The monoisotopic (exact) mass is 400 g/mol. The maximum Gasteiger partial charge on any atom is 0.434 e. The lowest BCUT2D eigenvalue weighted by molar-refractivity contribution is -0.140. The molecule has 0 spiro atoms. The Hall–Kier alpha value is -2.29. The summed E-state index contributed by atoms with van der Waals surface area (Å²) >= 11 is 1.01. The number of rotatable bonds is 7. The second-order valence-electron chi connectivity index (χ2n) is 6.04. The number of thiazole rings is 1. The molecule has 2 rings (SSSR count). The van der Waals surface area contributed by atoms with Crippen molar-refractivity contribution in [1.29, 1.82) is 0 Å². The molecule has 0 saturated heterocycles. The predicted molar refractivity (Wildman–Crippen MR) is 101 cm³/mol. The number of ether oxygens (including phenoxy) is 1. The van der Waals surface area contributed by atoms with E-state index in [1.807, 2.05) is 38.1 Å². The van der Waals surface area contributed by atoms with E-state index in [0.717, 1.165) is 28.0 Å². The van der Waals surface area contributed by atoms with E-state index < -0.39 is 11.9 Å². The van der Waals surface area contributed by atoms with Gasteiger partial charge in [0.1, 0.15) is 5.75 Å². The highest BCUT2D eigenvalue weighted by Gasteiger charge is 2.33. The Morgan fingerprint density at radius 2 is 2.07 bits per heavy atom. The minimum absolute atomic E-state index is 0.103. The molecule has 0 bridgehead atoms. The Labute approximate surface area is 160 Å². The van der Waals surface area contributed by atoms with Gasteiger partial charge in [-0.3, -0.25) is 4.99 Å². The van der Waals surface area contributed by atoms with Crippen LogP contribution >= 0.6 is 11.3 Å². The van der Waals surface area contributed by atoms with Crippen molar-refractivity contribution in [2.75, 3.05) is 13.6 Å². The first-order valence-corrected chi connectivity index (χ1v) is 9.37. The third kappa shape index (κ3) is 7.09. The summed E-state index contributed by atoms with van der Waals surface area (Å²) in [5.41, 5.74) is 0.194. The topological polar surface area (TPSA) is 58.5 Å². The zero-order chi connectivity index (χ0) is 19.9. The summed E-state index contributed by atoms with van der Waals surface area (Å²) in [6, 6.07) is 7.75. The minimum Gasteiger partial charge on any atom is -0.491 e. The molecule has 2 N–H and O–H groups in total. The fraction of sp³-hybridized carbons (Fsp3) is 0.444. The summed E-state index contributed by atoms with van der Waals surface area (Å²) in [5.74, 6) is 1.37. The molecule has 1 aromatic heterocycles. The van der Waals surface area contributed by atoms with E-state index in [0.29, 0.717) is 30.5 Å². The number of aromatic nitrogens is 1. The number of nitrogens with zero attached hydrogens (tertiary/aromatic N) is 2. The molecule has 0 aliphatic carbocycles. The van der Waals surface area contributed by atoms with Crippen molar-refractivity contribution in [2.45, 2.75) is 39.1 Å². The van der Waals surface area contributed by atoms with Crippen LogP contribution < -0.4 is 15.4 Å². The average Bonchev–Trinajstić information content (AvgIpc) is 3.07. The number of hydrogen-bond donors (Lipinski definition) is 2. The van der Waals surface area contributed by atoms with Crippen molar-refractivity contribution in [1.82, 2.24) is 15.6 Å². The molecule has 0 fully saturated rings. The Kier molecular flexibility index (Phi) is 7.46. The van der Waals surface area contributed by atoms with Gasteiger partial charge in [0, 0.05) is 31.9 Å². The lowest BCUT2D eigenvalue weighted by atomic mass is 10.2. The van der Waals surface area contributed by atoms with Crippen molar-refractivity contribution in [3.8, 4) is 5.75 Å². The first-order chi connectivity index (χ1) is 12.8. The predicted octanol–water partition coefficient (Wildman–Crippen LogP) is 3.86. The van der Waals surface area contributed by atoms with Crippen molar-refractivity contribution in [2.24, 2.45) is 4.99 Å². The van der Waals surface area contributed by atoms with Gasteiger partial charge in [-0.15, -0.1) is 11.3 Å². The molecule has 1 aromatic carbocycles. The molecule has 0 aliphatic heterocycles. The Morgan fingerprint density at radius 3 is 2.70 bits per heavy atom. The minimum atomic E-state index is -4.40. The largest absolute Gasteiger partial charge is 0.491 e. The van der Waals surface area contributed by atoms with Gasteiger partial charge in [0.15, 0.2) is 11.7 Å². The van der Waals surface area contributed by atoms with Gasteiger partial charge in [-0.05, 0) is 31.5 Å². The first-order valence-electron chi connectivity index (χ1n) is 8.49. The molecule has 5 nitrogen and oxygen atoms in total. The van der Waals surface area contributed by atoms with Gasteiger partial charge >= 0.3 is 6.18 Å². The SMILES string of the molecule is CN=C(NCCc1nc(C(F)(F)F)cs1)NCc1cccc(OC(C)C)c1. The summed E-state index contributed by atoms with van der Waals surface area (Å²) in [7, 11) is 1.64. The quantitative estimate of drug-likeness (QED) is 0.547. The maximum absolute atomic E-state index is 12.6. The van der Waals surface area contributed by atoms with Crippen molar-refractivity contribution in [3.63, 3.8) is 0 Å². The van der Waals surface area contributed by atoms with Crippen LogP contribution in [-0.4, -0.2) is 30.6 Å². The summed E-state index contributed by atoms with van der Waals surface area (Å²) in [4.78, 5) is 7.73. The van der Waals surface area contributed by atoms with E-state index in [1.165, 1.54) is 0 Å². The van der Waals surface area contributed by atoms with Crippen molar-refractivity contribution < 1.29 is 17.9 Å². The van der Waals surface area contributed by atoms with Gasteiger partial charge in [0.05, 0.1) is 11.1 Å². The van der Waals surface area contributed by atoms with E-state index in [4.69, 9.17) is 4.74 Å². The van der Waals surface area contributed by atoms with Crippen LogP contribution in [0.5, 0.6) is 5.75 Å².